The maximum absolute atomic E-state index is 11.1. The van der Waals surface area contributed by atoms with Crippen LogP contribution in [0.4, 0.5) is 4.79 Å². The Bertz CT molecular complexity index is 389. The number of benzene rings is 1. The van der Waals surface area contributed by atoms with E-state index in [0.717, 1.165) is 11.3 Å². The highest BCUT2D eigenvalue weighted by Crippen LogP contribution is 2.06. The molecule has 0 aliphatic carbocycles. The molecule has 0 N–H and O–H groups in total. The first-order valence-corrected chi connectivity index (χ1v) is 6.14. The number of aryl methyl sites for hydroxylation is 1. The summed E-state index contributed by atoms with van der Waals surface area (Å²) in [5.41, 5.74) is 1.32. The molecule has 2 amide bonds. The lowest BCUT2D eigenvalue weighted by molar-refractivity contribution is -0.127. The molecule has 4 nitrogen and oxygen atoms in total. The highest BCUT2D eigenvalue weighted by atomic mass is 16.6. The van der Waals surface area contributed by atoms with Crippen molar-refractivity contribution >= 4 is 12.0 Å². The Morgan fingerprint density at radius 3 is 2.39 bits per heavy atom. The van der Waals surface area contributed by atoms with Crippen LogP contribution >= 0.6 is 0 Å². The normalized spacial score (nSPS) is 13.7. The fourth-order valence-electron chi connectivity index (χ4n) is 1.50. The van der Waals surface area contributed by atoms with Gasteiger partial charge in [0.25, 0.3) is 0 Å². The van der Waals surface area contributed by atoms with Crippen LogP contribution in [-0.4, -0.2) is 30.1 Å². The number of carbonyl (C=O) groups excluding carboxylic acids is 2. The molecule has 1 saturated heterocycles. The molecular formula is C14H19NO3. The third-order valence-corrected chi connectivity index (χ3v) is 2.47. The first-order chi connectivity index (χ1) is 8.65. The van der Waals surface area contributed by atoms with E-state index in [1.807, 2.05) is 25.1 Å². The van der Waals surface area contributed by atoms with Crippen LogP contribution in [0.3, 0.4) is 0 Å². The minimum absolute atomic E-state index is 0.130. The zero-order chi connectivity index (χ0) is 13.4. The van der Waals surface area contributed by atoms with E-state index in [2.05, 4.69) is 23.8 Å². The Morgan fingerprint density at radius 2 is 2.00 bits per heavy atom. The third-order valence-electron chi connectivity index (χ3n) is 2.47. The predicted molar refractivity (Wildman–Crippen MR) is 69.1 cm³/mol. The van der Waals surface area contributed by atoms with Crippen molar-refractivity contribution in [3.05, 3.63) is 35.9 Å². The van der Waals surface area contributed by atoms with Crippen molar-refractivity contribution in [1.82, 2.24) is 4.90 Å². The highest BCUT2D eigenvalue weighted by Gasteiger charge is 2.27. The van der Waals surface area contributed by atoms with Crippen LogP contribution in [-0.2, 0) is 9.53 Å². The molecule has 0 saturated carbocycles. The summed E-state index contributed by atoms with van der Waals surface area (Å²) in [7, 11) is 0. The average Bonchev–Trinajstić information content (AvgIpc) is 2.78. The number of cyclic esters (lactones) is 1. The van der Waals surface area contributed by atoms with E-state index in [9.17, 15) is 9.59 Å². The molecule has 98 valence electrons. The Hall–Kier alpha value is -1.84. The summed E-state index contributed by atoms with van der Waals surface area (Å²) in [5.74, 6) is -0.130. The van der Waals surface area contributed by atoms with Gasteiger partial charge in [0.05, 0.1) is 6.54 Å². The summed E-state index contributed by atoms with van der Waals surface area (Å²) in [6, 6.07) is 10.3. The van der Waals surface area contributed by atoms with Crippen LogP contribution in [0.1, 0.15) is 25.3 Å². The SMILES string of the molecule is CCCC(=O)N1CCOC1=O.Cc1ccccc1. The average molecular weight is 249 g/mol. The van der Waals surface area contributed by atoms with Gasteiger partial charge in [0.2, 0.25) is 5.91 Å². The minimum Gasteiger partial charge on any atom is -0.447 e. The number of carbonyl (C=O) groups is 2. The van der Waals surface area contributed by atoms with Crippen molar-refractivity contribution < 1.29 is 14.3 Å². The number of rotatable bonds is 2. The minimum atomic E-state index is -0.497. The quantitative estimate of drug-likeness (QED) is 0.809. The number of ether oxygens (including phenoxy) is 1. The van der Waals surface area contributed by atoms with Crippen LogP contribution < -0.4 is 0 Å². The summed E-state index contributed by atoms with van der Waals surface area (Å²) in [6.07, 6.45) is 0.695. The molecule has 4 heteroatoms. The lowest BCUT2D eigenvalue weighted by Gasteiger charge is -2.08. The van der Waals surface area contributed by atoms with Crippen molar-refractivity contribution in [3.8, 4) is 0 Å². The van der Waals surface area contributed by atoms with Gasteiger partial charge in [-0.2, -0.15) is 0 Å². The summed E-state index contributed by atoms with van der Waals surface area (Å²) < 4.78 is 4.60. The van der Waals surface area contributed by atoms with Gasteiger partial charge in [0, 0.05) is 6.42 Å². The van der Waals surface area contributed by atoms with Crippen molar-refractivity contribution in [1.29, 1.82) is 0 Å². The van der Waals surface area contributed by atoms with Gasteiger partial charge >= 0.3 is 6.09 Å². The Labute approximate surface area is 108 Å². The third kappa shape index (κ3) is 4.57. The summed E-state index contributed by atoms with van der Waals surface area (Å²) in [5, 5.41) is 0. The van der Waals surface area contributed by atoms with Gasteiger partial charge in [-0.15, -0.1) is 0 Å². The fraction of sp³-hybridized carbons (Fsp3) is 0.429. The van der Waals surface area contributed by atoms with Gasteiger partial charge in [0.15, 0.2) is 0 Å². The molecule has 0 spiro atoms. The summed E-state index contributed by atoms with van der Waals surface area (Å²) >= 11 is 0. The van der Waals surface area contributed by atoms with Crippen molar-refractivity contribution in [2.45, 2.75) is 26.7 Å². The lowest BCUT2D eigenvalue weighted by Crippen LogP contribution is -2.31. The molecule has 1 aromatic carbocycles. The van der Waals surface area contributed by atoms with E-state index in [0.29, 0.717) is 19.6 Å². The van der Waals surface area contributed by atoms with E-state index in [1.54, 1.807) is 0 Å². The molecule has 1 fully saturated rings. The second kappa shape index (κ2) is 7.48. The number of nitrogens with zero attached hydrogens (tertiary/aromatic N) is 1. The van der Waals surface area contributed by atoms with Gasteiger partial charge in [-0.3, -0.25) is 4.79 Å². The number of hydrogen-bond acceptors (Lipinski definition) is 3. The number of imide groups is 1. The maximum atomic E-state index is 11.1. The maximum Gasteiger partial charge on any atom is 0.416 e. The number of hydrogen-bond donors (Lipinski definition) is 0. The molecule has 0 atom stereocenters. The van der Waals surface area contributed by atoms with Gasteiger partial charge in [-0.05, 0) is 13.3 Å². The standard InChI is InChI=1S/C7H11NO3.C7H8/c1-2-3-6(9)8-4-5-11-7(8)10;1-7-5-3-2-4-6-7/h2-5H2,1H3;2-6H,1H3. The second-order valence-electron chi connectivity index (χ2n) is 4.06. The molecule has 1 aliphatic heterocycles. The van der Waals surface area contributed by atoms with Crippen molar-refractivity contribution in [2.24, 2.45) is 0 Å². The van der Waals surface area contributed by atoms with Crippen LogP contribution in [0.5, 0.6) is 0 Å². The van der Waals surface area contributed by atoms with E-state index in [4.69, 9.17) is 0 Å². The molecular weight excluding hydrogens is 230 g/mol. The molecule has 0 bridgehead atoms. The number of amides is 2. The zero-order valence-electron chi connectivity index (χ0n) is 10.9. The largest absolute Gasteiger partial charge is 0.447 e. The van der Waals surface area contributed by atoms with Crippen molar-refractivity contribution in [3.63, 3.8) is 0 Å². The van der Waals surface area contributed by atoms with Gasteiger partial charge in [-0.1, -0.05) is 42.8 Å². The predicted octanol–water partition coefficient (Wildman–Crippen LogP) is 2.76. The van der Waals surface area contributed by atoms with E-state index >= 15 is 0 Å². The molecule has 2 rings (SSSR count). The molecule has 18 heavy (non-hydrogen) atoms. The van der Waals surface area contributed by atoms with E-state index < -0.39 is 6.09 Å². The molecule has 1 heterocycles. The summed E-state index contributed by atoms with van der Waals surface area (Å²) in [4.78, 5) is 23.0. The topological polar surface area (TPSA) is 46.6 Å². The highest BCUT2D eigenvalue weighted by molar-refractivity contribution is 5.92. The van der Waals surface area contributed by atoms with Crippen LogP contribution in [0.25, 0.3) is 0 Å². The Kier molecular flexibility index (Phi) is 5.91. The molecule has 1 aliphatic rings. The van der Waals surface area contributed by atoms with Crippen LogP contribution in [0.15, 0.2) is 30.3 Å². The molecule has 1 aromatic rings. The van der Waals surface area contributed by atoms with Crippen molar-refractivity contribution in [2.75, 3.05) is 13.2 Å². The fourth-order valence-corrected chi connectivity index (χ4v) is 1.50. The monoisotopic (exact) mass is 249 g/mol. The van der Waals surface area contributed by atoms with E-state index in [1.165, 1.54) is 5.56 Å². The van der Waals surface area contributed by atoms with E-state index in [-0.39, 0.29) is 5.91 Å². The van der Waals surface area contributed by atoms with Gasteiger partial charge in [0.1, 0.15) is 6.61 Å². The Morgan fingerprint density at radius 1 is 1.33 bits per heavy atom. The zero-order valence-corrected chi connectivity index (χ0v) is 10.9. The molecule has 0 aromatic heterocycles. The van der Waals surface area contributed by atoms with Crippen LogP contribution in [0, 0.1) is 6.92 Å². The van der Waals surface area contributed by atoms with Gasteiger partial charge in [-0.25, -0.2) is 9.69 Å². The van der Waals surface area contributed by atoms with Crippen LogP contribution in [0.2, 0.25) is 0 Å². The van der Waals surface area contributed by atoms with Gasteiger partial charge < -0.3 is 4.74 Å². The smallest absolute Gasteiger partial charge is 0.416 e. The summed E-state index contributed by atoms with van der Waals surface area (Å²) in [6.45, 7) is 4.74. The lowest BCUT2D eigenvalue weighted by atomic mass is 10.2. The second-order valence-corrected chi connectivity index (χ2v) is 4.06. The molecule has 0 radical (unpaired) electrons. The Balaban J connectivity index is 0.000000199. The first kappa shape index (κ1) is 14.2. The first-order valence-electron chi connectivity index (χ1n) is 6.14. The molecule has 0 unspecified atom stereocenters.